The van der Waals surface area contributed by atoms with Crippen LogP contribution in [0.15, 0.2) is 18.2 Å². The first-order chi connectivity index (χ1) is 7.19. The maximum atomic E-state index is 6.17. The van der Waals surface area contributed by atoms with Gasteiger partial charge in [-0.15, -0.1) is 0 Å². The highest BCUT2D eigenvalue weighted by Gasteiger charge is 2.04. The first-order valence-corrected chi connectivity index (χ1v) is 5.76. The van der Waals surface area contributed by atoms with Gasteiger partial charge in [-0.25, -0.2) is 0 Å². The van der Waals surface area contributed by atoms with Gasteiger partial charge in [0.2, 0.25) is 0 Å². The summed E-state index contributed by atoms with van der Waals surface area (Å²) in [6.45, 7) is 3.86. The lowest BCUT2D eigenvalue weighted by Gasteiger charge is -2.19. The summed E-state index contributed by atoms with van der Waals surface area (Å²) in [7, 11) is 2.08. The van der Waals surface area contributed by atoms with Gasteiger partial charge < -0.3 is 10.6 Å². The van der Waals surface area contributed by atoms with Crippen LogP contribution in [0.1, 0.15) is 18.9 Å². The molecular formula is C12H19ClN2. The molecule has 0 fully saturated rings. The van der Waals surface area contributed by atoms with Gasteiger partial charge in [-0.1, -0.05) is 24.6 Å². The van der Waals surface area contributed by atoms with Gasteiger partial charge in [-0.2, -0.15) is 0 Å². The fraction of sp³-hybridized carbons (Fsp3) is 0.500. The monoisotopic (exact) mass is 226 g/mol. The van der Waals surface area contributed by atoms with E-state index in [0.29, 0.717) is 6.54 Å². The minimum Gasteiger partial charge on any atom is -0.375 e. The highest BCUT2D eigenvalue weighted by Crippen LogP contribution is 2.23. The van der Waals surface area contributed by atoms with Gasteiger partial charge in [-0.3, -0.25) is 0 Å². The van der Waals surface area contributed by atoms with Crippen LogP contribution in [0.2, 0.25) is 5.02 Å². The molecule has 0 atom stereocenters. The fourth-order valence-electron chi connectivity index (χ4n) is 1.60. The van der Waals surface area contributed by atoms with Crippen molar-refractivity contribution >= 4 is 17.3 Å². The van der Waals surface area contributed by atoms with E-state index >= 15 is 0 Å². The van der Waals surface area contributed by atoms with Crippen LogP contribution in [0.25, 0.3) is 0 Å². The molecule has 0 saturated heterocycles. The van der Waals surface area contributed by atoms with E-state index in [9.17, 15) is 0 Å². The highest BCUT2D eigenvalue weighted by molar-refractivity contribution is 6.31. The van der Waals surface area contributed by atoms with Crippen LogP contribution in [-0.4, -0.2) is 20.1 Å². The van der Waals surface area contributed by atoms with Crippen molar-refractivity contribution < 1.29 is 0 Å². The summed E-state index contributed by atoms with van der Waals surface area (Å²) in [5, 5.41) is 0.820. The Morgan fingerprint density at radius 2 is 2.13 bits per heavy atom. The number of rotatable bonds is 5. The zero-order valence-corrected chi connectivity index (χ0v) is 10.2. The zero-order valence-electron chi connectivity index (χ0n) is 9.46. The van der Waals surface area contributed by atoms with Gasteiger partial charge >= 0.3 is 0 Å². The van der Waals surface area contributed by atoms with Crippen molar-refractivity contribution in [2.45, 2.75) is 19.8 Å². The number of halogens is 1. The smallest absolute Gasteiger partial charge is 0.0459 e. The summed E-state index contributed by atoms with van der Waals surface area (Å²) < 4.78 is 0. The van der Waals surface area contributed by atoms with Crippen LogP contribution in [0.4, 0.5) is 5.69 Å². The van der Waals surface area contributed by atoms with Crippen LogP contribution >= 0.6 is 11.6 Å². The molecule has 0 aliphatic heterocycles. The third-order valence-corrected chi connectivity index (χ3v) is 2.80. The van der Waals surface area contributed by atoms with Gasteiger partial charge in [0.25, 0.3) is 0 Å². The minimum atomic E-state index is 0.643. The summed E-state index contributed by atoms with van der Waals surface area (Å²) in [5.41, 5.74) is 7.81. The number of hydrogen-bond acceptors (Lipinski definition) is 2. The molecule has 15 heavy (non-hydrogen) atoms. The van der Waals surface area contributed by atoms with Crippen LogP contribution in [0.5, 0.6) is 0 Å². The van der Waals surface area contributed by atoms with Crippen LogP contribution in [0.3, 0.4) is 0 Å². The Hall–Kier alpha value is -0.730. The Kier molecular flexibility index (Phi) is 4.92. The molecule has 0 amide bonds. The lowest BCUT2D eigenvalue weighted by molar-refractivity contribution is 0.851. The summed E-state index contributed by atoms with van der Waals surface area (Å²) in [5.74, 6) is 0. The Morgan fingerprint density at radius 1 is 1.40 bits per heavy atom. The molecule has 1 rings (SSSR count). The molecule has 0 bridgehead atoms. The highest BCUT2D eigenvalue weighted by atomic mass is 35.5. The van der Waals surface area contributed by atoms with Crippen molar-refractivity contribution in [3.63, 3.8) is 0 Å². The van der Waals surface area contributed by atoms with Gasteiger partial charge in [0.1, 0.15) is 0 Å². The molecule has 0 radical (unpaired) electrons. The molecule has 0 aliphatic rings. The van der Waals surface area contributed by atoms with Crippen molar-refractivity contribution in [2.75, 3.05) is 25.0 Å². The second-order valence-corrected chi connectivity index (χ2v) is 4.14. The Morgan fingerprint density at radius 3 is 2.67 bits per heavy atom. The second kappa shape index (κ2) is 5.99. The molecule has 1 aromatic carbocycles. The van der Waals surface area contributed by atoms with Crippen molar-refractivity contribution in [3.05, 3.63) is 28.8 Å². The maximum Gasteiger partial charge on any atom is 0.0459 e. The summed E-state index contributed by atoms with van der Waals surface area (Å²) in [6, 6.07) is 6.19. The summed E-state index contributed by atoms with van der Waals surface area (Å²) in [4.78, 5) is 2.21. The van der Waals surface area contributed by atoms with E-state index in [4.69, 9.17) is 17.3 Å². The summed E-state index contributed by atoms with van der Waals surface area (Å²) in [6.07, 6.45) is 1.98. The normalized spacial score (nSPS) is 10.4. The predicted octanol–water partition coefficient (Wildman–Crippen LogP) is 2.69. The second-order valence-electron chi connectivity index (χ2n) is 3.74. The molecular weight excluding hydrogens is 208 g/mol. The zero-order chi connectivity index (χ0) is 11.3. The third-order valence-electron chi connectivity index (χ3n) is 2.45. The fourth-order valence-corrected chi connectivity index (χ4v) is 1.87. The molecule has 0 heterocycles. The molecule has 84 valence electrons. The first-order valence-electron chi connectivity index (χ1n) is 5.38. The van der Waals surface area contributed by atoms with E-state index in [1.807, 2.05) is 6.07 Å². The molecule has 1 aromatic rings. The molecule has 0 aliphatic carbocycles. The van der Waals surface area contributed by atoms with E-state index in [1.54, 1.807) is 0 Å². The summed E-state index contributed by atoms with van der Waals surface area (Å²) >= 11 is 6.17. The van der Waals surface area contributed by atoms with Crippen molar-refractivity contribution in [1.82, 2.24) is 0 Å². The number of benzene rings is 1. The number of nitrogens with two attached hydrogens (primary N) is 1. The number of hydrogen-bond donors (Lipinski definition) is 1. The average Bonchev–Trinajstić information content (AvgIpc) is 2.21. The van der Waals surface area contributed by atoms with Gasteiger partial charge in [0, 0.05) is 24.3 Å². The quantitative estimate of drug-likeness (QED) is 0.837. The van der Waals surface area contributed by atoms with Gasteiger partial charge in [0.05, 0.1) is 0 Å². The van der Waals surface area contributed by atoms with Crippen LogP contribution in [0, 0.1) is 0 Å². The van der Waals surface area contributed by atoms with E-state index < -0.39 is 0 Å². The lowest BCUT2D eigenvalue weighted by atomic mass is 10.1. The van der Waals surface area contributed by atoms with Crippen molar-refractivity contribution in [3.8, 4) is 0 Å². The molecule has 0 spiro atoms. The third kappa shape index (κ3) is 3.40. The Bertz CT molecular complexity index is 312. The molecule has 0 saturated carbocycles. The van der Waals surface area contributed by atoms with Crippen LogP contribution in [-0.2, 0) is 6.42 Å². The maximum absolute atomic E-state index is 6.17. The molecule has 2 nitrogen and oxygen atoms in total. The van der Waals surface area contributed by atoms with Crippen molar-refractivity contribution in [2.24, 2.45) is 5.73 Å². The standard InChI is InChI=1S/C12H19ClN2/c1-3-8-15(2)11-5-4-10(6-7-14)12(13)9-11/h4-5,9H,3,6-8,14H2,1-2H3. The van der Waals surface area contributed by atoms with Crippen molar-refractivity contribution in [1.29, 1.82) is 0 Å². The molecule has 3 heteroatoms. The SMILES string of the molecule is CCCN(C)c1ccc(CCN)c(Cl)c1. The van der Waals surface area contributed by atoms with E-state index in [-0.39, 0.29) is 0 Å². The first kappa shape index (κ1) is 12.3. The number of nitrogens with zero attached hydrogens (tertiary/aromatic N) is 1. The number of anilines is 1. The Balaban J connectivity index is 2.81. The van der Waals surface area contributed by atoms with E-state index in [2.05, 4.69) is 31.0 Å². The Labute approximate surface area is 97.0 Å². The van der Waals surface area contributed by atoms with Gasteiger partial charge in [0.15, 0.2) is 0 Å². The molecule has 0 unspecified atom stereocenters. The van der Waals surface area contributed by atoms with E-state index in [1.165, 1.54) is 5.69 Å². The molecule has 0 aromatic heterocycles. The minimum absolute atomic E-state index is 0.643. The topological polar surface area (TPSA) is 29.3 Å². The predicted molar refractivity (Wildman–Crippen MR) is 67.8 cm³/mol. The van der Waals surface area contributed by atoms with E-state index in [0.717, 1.165) is 30.0 Å². The van der Waals surface area contributed by atoms with Gasteiger partial charge in [-0.05, 0) is 37.1 Å². The van der Waals surface area contributed by atoms with Crippen LogP contribution < -0.4 is 10.6 Å². The lowest BCUT2D eigenvalue weighted by Crippen LogP contribution is -2.17. The average molecular weight is 227 g/mol. The largest absolute Gasteiger partial charge is 0.375 e. The molecule has 2 N–H and O–H groups in total.